The molecule has 0 saturated heterocycles. The Morgan fingerprint density at radius 3 is 2.60 bits per heavy atom. The molecule has 0 saturated carbocycles. The van der Waals surface area contributed by atoms with Crippen LogP contribution < -0.4 is 10.6 Å². The zero-order valence-electron chi connectivity index (χ0n) is 11.8. The number of nitrogens with zero attached hydrogens (tertiary/aromatic N) is 3. The molecule has 2 aromatic rings. The average molecular weight is 289 g/mol. The summed E-state index contributed by atoms with van der Waals surface area (Å²) in [6, 6.07) is 7.89. The molecule has 5 nitrogen and oxygen atoms in total. The normalized spacial score (nSPS) is 10.3. The number of nitrogens with one attached hydrogen (secondary N) is 2. The minimum Gasteiger partial charge on any atom is -0.370 e. The molecule has 0 fully saturated rings. The van der Waals surface area contributed by atoms with Gasteiger partial charge in [0.05, 0.1) is 0 Å². The van der Waals surface area contributed by atoms with E-state index >= 15 is 0 Å². The van der Waals surface area contributed by atoms with Gasteiger partial charge in [0, 0.05) is 37.5 Å². The number of rotatable bonds is 7. The molecular formula is C14H19N5S. The average Bonchev–Trinajstić information content (AvgIpc) is 2.48. The Hall–Kier alpha value is -1.82. The zero-order chi connectivity index (χ0) is 14.2. The Balaban J connectivity index is 1.96. The van der Waals surface area contributed by atoms with Gasteiger partial charge in [0.1, 0.15) is 11.6 Å². The van der Waals surface area contributed by atoms with E-state index in [2.05, 4.69) is 32.5 Å². The monoisotopic (exact) mass is 289 g/mol. The molecule has 0 spiro atoms. The van der Waals surface area contributed by atoms with Crippen molar-refractivity contribution in [2.45, 2.75) is 18.5 Å². The van der Waals surface area contributed by atoms with Gasteiger partial charge >= 0.3 is 0 Å². The first-order valence-electron chi connectivity index (χ1n) is 6.62. The van der Waals surface area contributed by atoms with Crippen molar-refractivity contribution >= 4 is 23.4 Å². The molecule has 2 N–H and O–H groups in total. The highest BCUT2D eigenvalue weighted by Crippen LogP contribution is 2.17. The molecule has 0 radical (unpaired) electrons. The molecule has 2 aromatic heterocycles. The number of aromatic nitrogens is 3. The number of anilines is 2. The number of hydrogen-bond donors (Lipinski definition) is 2. The van der Waals surface area contributed by atoms with Crippen molar-refractivity contribution in [3.05, 3.63) is 36.2 Å². The van der Waals surface area contributed by atoms with Gasteiger partial charge in [-0.25, -0.2) is 9.97 Å². The van der Waals surface area contributed by atoms with Crippen molar-refractivity contribution in [2.24, 2.45) is 0 Å². The number of hydrogen-bond acceptors (Lipinski definition) is 6. The molecule has 0 aliphatic rings. The molecule has 6 heteroatoms. The van der Waals surface area contributed by atoms with Gasteiger partial charge in [-0.3, -0.25) is 4.98 Å². The molecule has 106 valence electrons. The summed E-state index contributed by atoms with van der Waals surface area (Å²) in [7, 11) is 0. The van der Waals surface area contributed by atoms with Gasteiger partial charge in [-0.2, -0.15) is 0 Å². The molecular weight excluding hydrogens is 270 g/mol. The second-order valence-corrected chi connectivity index (χ2v) is 4.93. The molecule has 0 unspecified atom stereocenters. The molecule has 0 atom stereocenters. The summed E-state index contributed by atoms with van der Waals surface area (Å²) in [5.74, 6) is 1.70. The van der Waals surface area contributed by atoms with E-state index in [0.717, 1.165) is 42.0 Å². The molecule has 0 aliphatic carbocycles. The van der Waals surface area contributed by atoms with E-state index in [4.69, 9.17) is 0 Å². The van der Waals surface area contributed by atoms with Gasteiger partial charge in [0.25, 0.3) is 0 Å². The van der Waals surface area contributed by atoms with Crippen LogP contribution >= 0.6 is 11.8 Å². The van der Waals surface area contributed by atoms with Crippen molar-refractivity contribution in [3.8, 4) is 0 Å². The van der Waals surface area contributed by atoms with Gasteiger partial charge in [-0.1, -0.05) is 17.8 Å². The Labute approximate surface area is 123 Å². The van der Waals surface area contributed by atoms with Gasteiger partial charge in [-0.05, 0) is 25.3 Å². The molecule has 0 bridgehead atoms. The second kappa shape index (κ2) is 7.69. The number of thioether (sulfide) groups is 1. The molecule has 2 heterocycles. The van der Waals surface area contributed by atoms with Gasteiger partial charge in [0.2, 0.25) is 0 Å². The molecule has 0 aromatic carbocycles. The summed E-state index contributed by atoms with van der Waals surface area (Å²) in [4.78, 5) is 13.1. The smallest absolute Gasteiger partial charge is 0.191 e. The standard InChI is InChI=1S/C14H19N5S/c1-3-15-12-10-13(19-14(18-12)20-2)17-9-7-11-6-4-5-8-16-11/h4-6,8,10H,3,7,9H2,1-2H3,(H2,15,17,18,19). The lowest BCUT2D eigenvalue weighted by Gasteiger charge is -2.09. The highest BCUT2D eigenvalue weighted by molar-refractivity contribution is 7.98. The Bertz CT molecular complexity index is 532. The van der Waals surface area contributed by atoms with Crippen molar-refractivity contribution < 1.29 is 0 Å². The first-order valence-corrected chi connectivity index (χ1v) is 7.85. The third-order valence-corrected chi connectivity index (χ3v) is 3.21. The quantitative estimate of drug-likeness (QED) is 0.603. The highest BCUT2D eigenvalue weighted by atomic mass is 32.2. The molecule has 2 rings (SSSR count). The lowest BCUT2D eigenvalue weighted by Crippen LogP contribution is -2.09. The van der Waals surface area contributed by atoms with E-state index in [0.29, 0.717) is 0 Å². The van der Waals surface area contributed by atoms with Crippen molar-refractivity contribution in [1.29, 1.82) is 0 Å². The van der Waals surface area contributed by atoms with E-state index in [1.54, 1.807) is 0 Å². The molecule has 0 aliphatic heterocycles. The lowest BCUT2D eigenvalue weighted by atomic mass is 10.3. The maximum absolute atomic E-state index is 4.45. The highest BCUT2D eigenvalue weighted by Gasteiger charge is 2.03. The Morgan fingerprint density at radius 2 is 1.95 bits per heavy atom. The fraction of sp³-hybridized carbons (Fsp3) is 0.357. The lowest BCUT2D eigenvalue weighted by molar-refractivity contribution is 0.920. The summed E-state index contributed by atoms with van der Waals surface area (Å²) in [5, 5.41) is 7.30. The minimum atomic E-state index is 0.767. The van der Waals surface area contributed by atoms with Gasteiger partial charge in [-0.15, -0.1) is 0 Å². The van der Waals surface area contributed by atoms with Crippen LogP contribution in [-0.2, 0) is 6.42 Å². The largest absolute Gasteiger partial charge is 0.370 e. The van der Waals surface area contributed by atoms with E-state index < -0.39 is 0 Å². The maximum atomic E-state index is 4.45. The van der Waals surface area contributed by atoms with E-state index in [9.17, 15) is 0 Å². The van der Waals surface area contributed by atoms with Crippen molar-refractivity contribution in [1.82, 2.24) is 15.0 Å². The van der Waals surface area contributed by atoms with Gasteiger partial charge in [0.15, 0.2) is 5.16 Å². The van der Waals surface area contributed by atoms with E-state index in [1.807, 2.05) is 36.7 Å². The summed E-state index contributed by atoms with van der Waals surface area (Å²) < 4.78 is 0. The summed E-state index contributed by atoms with van der Waals surface area (Å²) in [5.41, 5.74) is 1.08. The van der Waals surface area contributed by atoms with Crippen LogP contribution in [0.2, 0.25) is 0 Å². The second-order valence-electron chi connectivity index (χ2n) is 4.15. The number of pyridine rings is 1. The van der Waals surface area contributed by atoms with Crippen LogP contribution in [0.1, 0.15) is 12.6 Å². The fourth-order valence-electron chi connectivity index (χ4n) is 1.74. The first kappa shape index (κ1) is 14.6. The third-order valence-electron chi connectivity index (χ3n) is 2.66. The van der Waals surface area contributed by atoms with Crippen LogP contribution in [0.4, 0.5) is 11.6 Å². The van der Waals surface area contributed by atoms with Crippen LogP contribution in [0, 0.1) is 0 Å². The molecule has 0 amide bonds. The van der Waals surface area contributed by atoms with Crippen molar-refractivity contribution in [3.63, 3.8) is 0 Å². The minimum absolute atomic E-state index is 0.767. The van der Waals surface area contributed by atoms with Crippen LogP contribution in [0.25, 0.3) is 0 Å². The zero-order valence-corrected chi connectivity index (χ0v) is 12.6. The fourth-order valence-corrected chi connectivity index (χ4v) is 2.12. The maximum Gasteiger partial charge on any atom is 0.191 e. The summed E-state index contributed by atoms with van der Waals surface area (Å²) in [6.07, 6.45) is 4.66. The summed E-state index contributed by atoms with van der Waals surface area (Å²) >= 11 is 1.54. The van der Waals surface area contributed by atoms with Crippen LogP contribution in [0.5, 0.6) is 0 Å². The third kappa shape index (κ3) is 4.38. The van der Waals surface area contributed by atoms with E-state index in [-0.39, 0.29) is 0 Å². The Kier molecular flexibility index (Phi) is 5.61. The van der Waals surface area contributed by atoms with Crippen LogP contribution in [-0.4, -0.2) is 34.3 Å². The van der Waals surface area contributed by atoms with Gasteiger partial charge < -0.3 is 10.6 Å². The predicted octanol–water partition coefficient (Wildman–Crippen LogP) is 2.68. The topological polar surface area (TPSA) is 62.7 Å². The Morgan fingerprint density at radius 1 is 1.15 bits per heavy atom. The first-order chi connectivity index (χ1) is 9.81. The van der Waals surface area contributed by atoms with E-state index in [1.165, 1.54) is 11.8 Å². The SMILES string of the molecule is CCNc1cc(NCCc2ccccn2)nc(SC)n1. The van der Waals surface area contributed by atoms with Crippen LogP contribution in [0.3, 0.4) is 0 Å². The van der Waals surface area contributed by atoms with Crippen LogP contribution in [0.15, 0.2) is 35.6 Å². The predicted molar refractivity (Wildman–Crippen MR) is 84.4 cm³/mol. The summed E-state index contributed by atoms with van der Waals surface area (Å²) in [6.45, 7) is 3.70. The molecule has 20 heavy (non-hydrogen) atoms. The van der Waals surface area contributed by atoms with Crippen molar-refractivity contribution in [2.75, 3.05) is 30.0 Å².